The molecule has 0 radical (unpaired) electrons. The van der Waals surface area contributed by atoms with E-state index in [4.69, 9.17) is 0 Å². The molecule has 1 amide bonds. The van der Waals surface area contributed by atoms with Crippen LogP contribution in [0.1, 0.15) is 29.9 Å². The topological polar surface area (TPSA) is 33.5 Å². The molecule has 2 aromatic rings. The number of rotatable bonds is 6. The zero-order chi connectivity index (χ0) is 15.9. The molecule has 0 bridgehead atoms. The molecule has 1 saturated heterocycles. The molecule has 0 saturated carbocycles. The standard InChI is InChI=1S/C20H24N2O/c23-20(21-13-16-22-14-7-8-15-22)19(17-9-3-1-4-10-17)18-11-5-2-6-12-18/h1-6,9-12,19H,7-8,13-16H2,(H,21,23)/p+1. The normalized spacial score (nSPS) is 15.0. The molecular formula is C20H25N2O+. The number of carbonyl (C=O) groups is 1. The summed E-state index contributed by atoms with van der Waals surface area (Å²) in [6.07, 6.45) is 2.64. The number of hydrogen-bond donors (Lipinski definition) is 2. The lowest BCUT2D eigenvalue weighted by atomic mass is 9.90. The molecule has 0 spiro atoms. The van der Waals surface area contributed by atoms with E-state index in [0.29, 0.717) is 0 Å². The fraction of sp³-hybridized carbons (Fsp3) is 0.350. The quantitative estimate of drug-likeness (QED) is 0.835. The first-order chi connectivity index (χ1) is 11.3. The van der Waals surface area contributed by atoms with E-state index >= 15 is 0 Å². The highest BCUT2D eigenvalue weighted by Crippen LogP contribution is 2.24. The van der Waals surface area contributed by atoms with Crippen LogP contribution in [0.25, 0.3) is 0 Å². The number of nitrogens with one attached hydrogen (secondary N) is 2. The maximum atomic E-state index is 12.8. The van der Waals surface area contributed by atoms with Gasteiger partial charge in [-0.3, -0.25) is 4.79 Å². The lowest BCUT2D eigenvalue weighted by Crippen LogP contribution is -3.10. The Hall–Kier alpha value is -2.13. The summed E-state index contributed by atoms with van der Waals surface area (Å²) in [6, 6.07) is 20.1. The largest absolute Gasteiger partial charge is 0.350 e. The highest BCUT2D eigenvalue weighted by Gasteiger charge is 2.23. The summed E-state index contributed by atoms with van der Waals surface area (Å²) >= 11 is 0. The van der Waals surface area contributed by atoms with E-state index in [2.05, 4.69) is 5.32 Å². The first-order valence-corrected chi connectivity index (χ1v) is 8.56. The lowest BCUT2D eigenvalue weighted by Gasteiger charge is -2.19. The van der Waals surface area contributed by atoms with Crippen molar-refractivity contribution in [2.45, 2.75) is 18.8 Å². The highest BCUT2D eigenvalue weighted by molar-refractivity contribution is 5.87. The Morgan fingerprint density at radius 3 is 1.96 bits per heavy atom. The fourth-order valence-electron chi connectivity index (χ4n) is 3.38. The number of amides is 1. The van der Waals surface area contributed by atoms with Crippen LogP contribution in [-0.2, 0) is 4.79 Å². The van der Waals surface area contributed by atoms with Gasteiger partial charge >= 0.3 is 0 Å². The minimum atomic E-state index is -0.231. The van der Waals surface area contributed by atoms with Crippen molar-refractivity contribution in [2.75, 3.05) is 26.2 Å². The summed E-state index contributed by atoms with van der Waals surface area (Å²) in [5.41, 5.74) is 2.09. The molecule has 0 aromatic heterocycles. The molecule has 2 aromatic carbocycles. The molecule has 1 heterocycles. The van der Waals surface area contributed by atoms with E-state index in [1.807, 2.05) is 60.7 Å². The van der Waals surface area contributed by atoms with Gasteiger partial charge in [-0.1, -0.05) is 60.7 Å². The smallest absolute Gasteiger partial charge is 0.232 e. The van der Waals surface area contributed by atoms with E-state index in [9.17, 15) is 4.79 Å². The van der Waals surface area contributed by atoms with E-state index in [-0.39, 0.29) is 11.8 Å². The molecule has 120 valence electrons. The number of hydrogen-bond acceptors (Lipinski definition) is 1. The summed E-state index contributed by atoms with van der Waals surface area (Å²) in [7, 11) is 0. The second-order valence-electron chi connectivity index (χ2n) is 6.25. The molecule has 1 aliphatic heterocycles. The molecule has 0 unspecified atom stereocenters. The third-order valence-electron chi connectivity index (χ3n) is 4.62. The minimum Gasteiger partial charge on any atom is -0.350 e. The van der Waals surface area contributed by atoms with Gasteiger partial charge in [0.1, 0.15) is 0 Å². The van der Waals surface area contributed by atoms with Crippen LogP contribution in [0.4, 0.5) is 0 Å². The van der Waals surface area contributed by atoms with Crippen molar-refractivity contribution in [3.8, 4) is 0 Å². The SMILES string of the molecule is O=C(NCC[NH+]1CCCC1)C(c1ccccc1)c1ccccc1. The first-order valence-electron chi connectivity index (χ1n) is 8.56. The van der Waals surface area contributed by atoms with Crippen LogP contribution in [0.15, 0.2) is 60.7 Å². The Morgan fingerprint density at radius 2 is 1.43 bits per heavy atom. The van der Waals surface area contributed by atoms with Crippen LogP contribution in [0.3, 0.4) is 0 Å². The second kappa shape index (κ2) is 7.93. The molecule has 3 heteroatoms. The molecule has 2 N–H and O–H groups in total. The van der Waals surface area contributed by atoms with Gasteiger partial charge < -0.3 is 10.2 Å². The maximum absolute atomic E-state index is 12.8. The Balaban J connectivity index is 1.69. The van der Waals surface area contributed by atoms with Crippen LogP contribution in [-0.4, -0.2) is 32.1 Å². The zero-order valence-electron chi connectivity index (χ0n) is 13.5. The van der Waals surface area contributed by atoms with Crippen LogP contribution >= 0.6 is 0 Å². The summed E-state index contributed by atoms with van der Waals surface area (Å²) in [5, 5.41) is 3.15. The third kappa shape index (κ3) is 4.20. The van der Waals surface area contributed by atoms with Crippen molar-refractivity contribution in [1.29, 1.82) is 0 Å². The molecule has 0 aliphatic carbocycles. The molecule has 1 fully saturated rings. The summed E-state index contributed by atoms with van der Waals surface area (Å²) in [5.74, 6) is -0.132. The average molecular weight is 309 g/mol. The van der Waals surface area contributed by atoms with Crippen LogP contribution in [0.2, 0.25) is 0 Å². The zero-order valence-corrected chi connectivity index (χ0v) is 13.5. The number of benzene rings is 2. The number of quaternary nitrogens is 1. The third-order valence-corrected chi connectivity index (χ3v) is 4.62. The summed E-state index contributed by atoms with van der Waals surface area (Å²) in [4.78, 5) is 14.4. The lowest BCUT2D eigenvalue weighted by molar-refractivity contribution is -0.886. The predicted molar refractivity (Wildman–Crippen MR) is 92.5 cm³/mol. The maximum Gasteiger partial charge on any atom is 0.232 e. The predicted octanol–water partition coefficient (Wildman–Crippen LogP) is 1.61. The van der Waals surface area contributed by atoms with E-state index in [1.165, 1.54) is 25.9 Å². The van der Waals surface area contributed by atoms with Crippen LogP contribution in [0.5, 0.6) is 0 Å². The van der Waals surface area contributed by atoms with Crippen molar-refractivity contribution in [2.24, 2.45) is 0 Å². The minimum absolute atomic E-state index is 0.0981. The summed E-state index contributed by atoms with van der Waals surface area (Å²) in [6.45, 7) is 4.28. The van der Waals surface area contributed by atoms with Crippen molar-refractivity contribution < 1.29 is 9.69 Å². The molecule has 3 rings (SSSR count). The van der Waals surface area contributed by atoms with Gasteiger partial charge in [0.25, 0.3) is 0 Å². The van der Waals surface area contributed by atoms with E-state index < -0.39 is 0 Å². The van der Waals surface area contributed by atoms with Crippen LogP contribution < -0.4 is 10.2 Å². The van der Waals surface area contributed by atoms with Gasteiger partial charge in [-0.05, 0) is 11.1 Å². The van der Waals surface area contributed by atoms with Gasteiger partial charge in [-0.25, -0.2) is 0 Å². The monoisotopic (exact) mass is 309 g/mol. The van der Waals surface area contributed by atoms with Crippen molar-refractivity contribution in [3.05, 3.63) is 71.8 Å². The molecular weight excluding hydrogens is 284 g/mol. The fourth-order valence-corrected chi connectivity index (χ4v) is 3.38. The number of carbonyl (C=O) groups excluding carboxylic acids is 1. The second-order valence-corrected chi connectivity index (χ2v) is 6.25. The number of likely N-dealkylation sites (tertiary alicyclic amines) is 1. The van der Waals surface area contributed by atoms with Gasteiger partial charge in [0, 0.05) is 12.8 Å². The van der Waals surface area contributed by atoms with Gasteiger partial charge in [0.2, 0.25) is 5.91 Å². The molecule has 1 aliphatic rings. The Labute approximate surface area is 138 Å². The Kier molecular flexibility index (Phi) is 5.43. The first kappa shape index (κ1) is 15.8. The van der Waals surface area contributed by atoms with Crippen molar-refractivity contribution in [1.82, 2.24) is 5.32 Å². The van der Waals surface area contributed by atoms with E-state index in [1.54, 1.807) is 4.90 Å². The van der Waals surface area contributed by atoms with Crippen molar-refractivity contribution >= 4 is 5.91 Å². The summed E-state index contributed by atoms with van der Waals surface area (Å²) < 4.78 is 0. The molecule has 3 nitrogen and oxygen atoms in total. The Bertz CT molecular complexity index is 567. The van der Waals surface area contributed by atoms with Crippen molar-refractivity contribution in [3.63, 3.8) is 0 Å². The van der Waals surface area contributed by atoms with E-state index in [0.717, 1.165) is 24.2 Å². The van der Waals surface area contributed by atoms with Crippen LogP contribution in [0, 0.1) is 0 Å². The van der Waals surface area contributed by atoms with Gasteiger partial charge in [-0.2, -0.15) is 0 Å². The van der Waals surface area contributed by atoms with Gasteiger partial charge in [-0.15, -0.1) is 0 Å². The molecule has 23 heavy (non-hydrogen) atoms. The highest BCUT2D eigenvalue weighted by atomic mass is 16.1. The van der Waals surface area contributed by atoms with Gasteiger partial charge in [0.05, 0.1) is 32.1 Å². The van der Waals surface area contributed by atoms with Gasteiger partial charge in [0.15, 0.2) is 0 Å². The Morgan fingerprint density at radius 1 is 0.913 bits per heavy atom. The molecule has 0 atom stereocenters. The average Bonchev–Trinajstić information content (AvgIpc) is 3.10.